The Morgan fingerprint density at radius 2 is 1.96 bits per heavy atom. The van der Waals surface area contributed by atoms with E-state index in [4.69, 9.17) is 9.72 Å². The van der Waals surface area contributed by atoms with Crippen LogP contribution in [-0.4, -0.2) is 86.3 Å². The topological polar surface area (TPSA) is 56.8 Å². The van der Waals surface area contributed by atoms with Gasteiger partial charge in [0.15, 0.2) is 0 Å². The van der Waals surface area contributed by atoms with Gasteiger partial charge in [-0.25, -0.2) is 0 Å². The first-order valence-electron chi connectivity index (χ1n) is 8.88. The summed E-state index contributed by atoms with van der Waals surface area (Å²) in [5.74, 6) is 1.08. The van der Waals surface area contributed by atoms with E-state index < -0.39 is 0 Å². The van der Waals surface area contributed by atoms with Crippen LogP contribution in [0.3, 0.4) is 0 Å². The first kappa shape index (κ1) is 17.4. The Hall–Kier alpha value is -1.44. The van der Waals surface area contributed by atoms with E-state index >= 15 is 0 Å². The summed E-state index contributed by atoms with van der Waals surface area (Å²) in [6.45, 7) is 8.89. The summed E-state index contributed by atoms with van der Waals surface area (Å²) >= 11 is 0. The fraction of sp³-hybridized carbons (Fsp3) is 0.765. The van der Waals surface area contributed by atoms with E-state index in [1.54, 1.807) is 0 Å². The van der Waals surface area contributed by atoms with Crippen LogP contribution in [0.1, 0.15) is 18.2 Å². The number of aromatic nitrogens is 2. The van der Waals surface area contributed by atoms with Gasteiger partial charge in [-0.05, 0) is 41.0 Å². The minimum atomic E-state index is 0.0648. The SMILES string of the molecule is C[C@@H](CN(C)C)Oc1nc2c(c(N3CCN(C)CC3)n1)CCNC2. The number of hydrogen-bond donors (Lipinski definition) is 1. The quantitative estimate of drug-likeness (QED) is 0.826. The van der Waals surface area contributed by atoms with Crippen molar-refractivity contribution in [1.82, 2.24) is 25.1 Å². The second kappa shape index (κ2) is 7.63. The number of hydrogen-bond acceptors (Lipinski definition) is 7. The summed E-state index contributed by atoms with van der Waals surface area (Å²) in [7, 11) is 6.27. The molecule has 24 heavy (non-hydrogen) atoms. The predicted octanol–water partition coefficient (Wildman–Crippen LogP) is 0.203. The first-order valence-corrected chi connectivity index (χ1v) is 8.88. The van der Waals surface area contributed by atoms with E-state index in [9.17, 15) is 0 Å². The van der Waals surface area contributed by atoms with Crippen LogP contribution in [0.2, 0.25) is 0 Å². The monoisotopic (exact) mass is 334 g/mol. The third-order valence-corrected chi connectivity index (χ3v) is 4.63. The average Bonchev–Trinajstić information content (AvgIpc) is 2.54. The number of nitrogens with zero attached hydrogens (tertiary/aromatic N) is 5. The predicted molar refractivity (Wildman–Crippen MR) is 95.8 cm³/mol. The summed E-state index contributed by atoms with van der Waals surface area (Å²) in [6.07, 6.45) is 1.06. The van der Waals surface area contributed by atoms with Crippen molar-refractivity contribution in [2.45, 2.75) is 26.0 Å². The average molecular weight is 334 g/mol. The zero-order valence-electron chi connectivity index (χ0n) is 15.4. The molecule has 2 aliphatic heterocycles. The number of nitrogens with one attached hydrogen (secondary N) is 1. The highest BCUT2D eigenvalue weighted by atomic mass is 16.5. The lowest BCUT2D eigenvalue weighted by molar-refractivity contribution is 0.163. The lowest BCUT2D eigenvalue weighted by atomic mass is 10.1. The molecule has 0 aromatic carbocycles. The Bertz CT molecular complexity index is 556. The molecule has 1 N–H and O–H groups in total. The molecule has 0 aliphatic carbocycles. The van der Waals surface area contributed by atoms with Crippen molar-refractivity contribution in [3.8, 4) is 6.01 Å². The largest absolute Gasteiger partial charge is 0.459 e. The van der Waals surface area contributed by atoms with E-state index in [1.807, 2.05) is 14.1 Å². The van der Waals surface area contributed by atoms with Gasteiger partial charge in [-0.2, -0.15) is 9.97 Å². The molecular weight excluding hydrogens is 304 g/mol. The number of piperazine rings is 1. The van der Waals surface area contributed by atoms with Gasteiger partial charge in [-0.15, -0.1) is 0 Å². The standard InChI is InChI=1S/C17H30N6O/c1-13(12-21(2)3)24-17-19-15-11-18-6-5-14(15)16(20-17)23-9-7-22(4)8-10-23/h13,18H,5-12H2,1-4H3/t13-/m0/s1. The van der Waals surface area contributed by atoms with Gasteiger partial charge in [-0.1, -0.05) is 0 Å². The van der Waals surface area contributed by atoms with Crippen LogP contribution in [0, 0.1) is 0 Å². The molecule has 0 unspecified atom stereocenters. The van der Waals surface area contributed by atoms with Crippen molar-refractivity contribution in [2.75, 3.05) is 65.3 Å². The molecule has 1 atom stereocenters. The molecule has 1 fully saturated rings. The van der Waals surface area contributed by atoms with E-state index in [0.29, 0.717) is 6.01 Å². The molecule has 1 aromatic rings. The Labute approximate surface area is 145 Å². The summed E-state index contributed by atoms with van der Waals surface area (Å²) in [5.41, 5.74) is 2.39. The van der Waals surface area contributed by atoms with Gasteiger partial charge >= 0.3 is 6.01 Å². The van der Waals surface area contributed by atoms with Crippen molar-refractivity contribution in [3.63, 3.8) is 0 Å². The molecule has 0 saturated carbocycles. The van der Waals surface area contributed by atoms with Gasteiger partial charge in [-0.3, -0.25) is 0 Å². The zero-order valence-corrected chi connectivity index (χ0v) is 15.4. The van der Waals surface area contributed by atoms with Gasteiger partial charge in [0.2, 0.25) is 0 Å². The van der Waals surface area contributed by atoms with Gasteiger partial charge in [0.05, 0.1) is 5.69 Å². The van der Waals surface area contributed by atoms with E-state index in [1.165, 1.54) is 5.56 Å². The maximum absolute atomic E-state index is 6.02. The fourth-order valence-corrected chi connectivity index (χ4v) is 3.38. The van der Waals surface area contributed by atoms with Crippen molar-refractivity contribution in [3.05, 3.63) is 11.3 Å². The van der Waals surface area contributed by atoms with Crippen molar-refractivity contribution < 1.29 is 4.74 Å². The van der Waals surface area contributed by atoms with Gasteiger partial charge < -0.3 is 24.8 Å². The number of ether oxygens (including phenoxy) is 1. The van der Waals surface area contributed by atoms with Crippen LogP contribution in [0.25, 0.3) is 0 Å². The van der Waals surface area contributed by atoms with Crippen molar-refractivity contribution in [1.29, 1.82) is 0 Å². The second-order valence-electron chi connectivity index (χ2n) is 7.16. The molecule has 1 aromatic heterocycles. The van der Waals surface area contributed by atoms with E-state index in [-0.39, 0.29) is 6.10 Å². The van der Waals surface area contributed by atoms with Crippen LogP contribution >= 0.6 is 0 Å². The number of rotatable bonds is 5. The maximum atomic E-state index is 6.02. The van der Waals surface area contributed by atoms with Crippen LogP contribution < -0.4 is 15.0 Å². The Morgan fingerprint density at radius 3 is 2.67 bits per heavy atom. The molecule has 2 aliphatic rings. The van der Waals surface area contributed by atoms with Crippen molar-refractivity contribution in [2.24, 2.45) is 0 Å². The Kier molecular flexibility index (Phi) is 5.53. The number of fused-ring (bicyclic) bond motifs is 1. The molecule has 3 heterocycles. The zero-order chi connectivity index (χ0) is 17.1. The Balaban J connectivity index is 1.84. The second-order valence-corrected chi connectivity index (χ2v) is 7.16. The maximum Gasteiger partial charge on any atom is 0.318 e. The molecule has 3 rings (SSSR count). The lowest BCUT2D eigenvalue weighted by Gasteiger charge is -2.35. The highest BCUT2D eigenvalue weighted by molar-refractivity contribution is 5.51. The highest BCUT2D eigenvalue weighted by Crippen LogP contribution is 2.27. The molecule has 0 spiro atoms. The fourth-order valence-electron chi connectivity index (χ4n) is 3.38. The summed E-state index contributed by atoms with van der Waals surface area (Å²) < 4.78 is 6.02. The highest BCUT2D eigenvalue weighted by Gasteiger charge is 2.24. The van der Waals surface area contributed by atoms with E-state index in [2.05, 4.69) is 39.0 Å². The van der Waals surface area contributed by atoms with E-state index in [0.717, 1.165) is 63.7 Å². The van der Waals surface area contributed by atoms with Crippen LogP contribution in [-0.2, 0) is 13.0 Å². The van der Waals surface area contributed by atoms with Gasteiger partial charge in [0.25, 0.3) is 0 Å². The molecular formula is C17H30N6O. The van der Waals surface area contributed by atoms with Crippen LogP contribution in [0.15, 0.2) is 0 Å². The number of likely N-dealkylation sites (N-methyl/N-ethyl adjacent to an activating group) is 2. The molecule has 134 valence electrons. The third-order valence-electron chi connectivity index (χ3n) is 4.63. The molecule has 7 heteroatoms. The minimum Gasteiger partial charge on any atom is -0.459 e. The van der Waals surface area contributed by atoms with Gasteiger partial charge in [0.1, 0.15) is 11.9 Å². The van der Waals surface area contributed by atoms with Gasteiger partial charge in [0, 0.05) is 44.8 Å². The summed E-state index contributed by atoms with van der Waals surface area (Å²) in [6, 6.07) is 0.515. The van der Waals surface area contributed by atoms with Crippen LogP contribution in [0.5, 0.6) is 6.01 Å². The summed E-state index contributed by atoms with van der Waals surface area (Å²) in [4.78, 5) is 16.4. The Morgan fingerprint density at radius 1 is 1.21 bits per heavy atom. The first-order chi connectivity index (χ1) is 11.5. The smallest absolute Gasteiger partial charge is 0.318 e. The molecule has 0 amide bonds. The van der Waals surface area contributed by atoms with Crippen molar-refractivity contribution >= 4 is 5.82 Å². The normalized spacial score (nSPS) is 20.1. The molecule has 0 bridgehead atoms. The molecule has 1 saturated heterocycles. The lowest BCUT2D eigenvalue weighted by Crippen LogP contribution is -2.45. The van der Waals surface area contributed by atoms with Crippen LogP contribution in [0.4, 0.5) is 5.82 Å². The molecule has 0 radical (unpaired) electrons. The molecule has 7 nitrogen and oxygen atoms in total. The minimum absolute atomic E-state index is 0.0648. The number of anilines is 1. The third kappa shape index (κ3) is 4.15. The summed E-state index contributed by atoms with van der Waals surface area (Å²) in [5, 5.41) is 3.41.